The fraction of sp³-hybridized carbons (Fsp3) is 0.407. The zero-order valence-electron chi connectivity index (χ0n) is 21.4. The largest absolute Gasteiger partial charge is 0.345 e. The molecule has 0 radical (unpaired) electrons. The van der Waals surface area contributed by atoms with Crippen LogP contribution in [0.1, 0.15) is 73.4 Å². The average molecular weight is 522 g/mol. The van der Waals surface area contributed by atoms with Gasteiger partial charge in [-0.15, -0.1) is 10.2 Å². The molecule has 1 saturated carbocycles. The maximum atomic E-state index is 14.1. The van der Waals surface area contributed by atoms with Crippen LogP contribution in [0.5, 0.6) is 0 Å². The first-order chi connectivity index (χ1) is 18.1. The molecule has 9 nitrogen and oxygen atoms in total. The quantitative estimate of drug-likeness (QED) is 0.510. The van der Waals surface area contributed by atoms with Crippen LogP contribution >= 0.6 is 0 Å². The zero-order chi connectivity index (χ0) is 27.0. The molecular weight excluding hydrogens is 492 g/mol. The fourth-order valence-electron chi connectivity index (χ4n) is 5.95. The van der Waals surface area contributed by atoms with Gasteiger partial charge in [-0.2, -0.15) is 5.21 Å². The highest BCUT2D eigenvalue weighted by Crippen LogP contribution is 2.47. The van der Waals surface area contributed by atoms with E-state index in [1.807, 2.05) is 19.1 Å². The summed E-state index contributed by atoms with van der Waals surface area (Å²) in [6.07, 6.45) is 2.34. The lowest BCUT2D eigenvalue weighted by Crippen LogP contribution is -2.51. The van der Waals surface area contributed by atoms with Gasteiger partial charge in [-0.05, 0) is 67.9 Å². The van der Waals surface area contributed by atoms with E-state index in [4.69, 9.17) is 4.99 Å². The number of H-pyrrole nitrogens is 1. The van der Waals surface area contributed by atoms with Gasteiger partial charge < -0.3 is 10.2 Å². The number of nitrogens with one attached hydrogen (secondary N) is 2. The average Bonchev–Trinajstić information content (AvgIpc) is 3.47. The van der Waals surface area contributed by atoms with Crippen molar-refractivity contribution in [2.45, 2.75) is 58.3 Å². The topological polar surface area (TPSA) is 116 Å². The van der Waals surface area contributed by atoms with Gasteiger partial charge in [0.2, 0.25) is 0 Å². The Labute approximate surface area is 218 Å². The van der Waals surface area contributed by atoms with Gasteiger partial charge in [0.25, 0.3) is 11.8 Å². The Morgan fingerprint density at radius 1 is 1.13 bits per heavy atom. The molecule has 1 spiro atoms. The van der Waals surface area contributed by atoms with Crippen molar-refractivity contribution in [2.24, 2.45) is 16.8 Å². The van der Waals surface area contributed by atoms with E-state index in [1.165, 1.54) is 0 Å². The second-order valence-electron chi connectivity index (χ2n) is 10.4. The monoisotopic (exact) mass is 521 g/mol. The second kappa shape index (κ2) is 10.0. The van der Waals surface area contributed by atoms with Crippen LogP contribution in [0.25, 0.3) is 0 Å². The molecule has 5 rings (SSSR count). The molecule has 1 fully saturated rings. The number of benzene rings is 2. The predicted molar refractivity (Wildman–Crippen MR) is 135 cm³/mol. The van der Waals surface area contributed by atoms with Crippen molar-refractivity contribution in [1.29, 1.82) is 0 Å². The summed E-state index contributed by atoms with van der Waals surface area (Å²) in [4.78, 5) is 33.1. The van der Waals surface area contributed by atoms with Gasteiger partial charge in [0.05, 0.1) is 12.6 Å². The minimum absolute atomic E-state index is 0.0778. The van der Waals surface area contributed by atoms with E-state index in [0.29, 0.717) is 36.1 Å². The second-order valence-corrected chi connectivity index (χ2v) is 10.4. The Bertz CT molecular complexity index is 1340. The first-order valence-corrected chi connectivity index (χ1v) is 12.7. The maximum absolute atomic E-state index is 14.1. The number of carbonyl (C=O) groups is 2. The number of rotatable bonds is 6. The first-order valence-electron chi connectivity index (χ1n) is 12.7. The third-order valence-electron chi connectivity index (χ3n) is 7.32. The summed E-state index contributed by atoms with van der Waals surface area (Å²) >= 11 is 0. The molecule has 1 aromatic heterocycles. The first kappa shape index (κ1) is 25.6. The van der Waals surface area contributed by atoms with Crippen LogP contribution in [0.2, 0.25) is 0 Å². The van der Waals surface area contributed by atoms with Gasteiger partial charge in [-0.25, -0.2) is 8.78 Å². The lowest BCUT2D eigenvalue weighted by molar-refractivity contribution is -0.133. The van der Waals surface area contributed by atoms with Crippen LogP contribution in [-0.4, -0.2) is 48.7 Å². The molecule has 2 aromatic carbocycles. The number of nitrogens with zero attached hydrogens (tertiary/aromatic N) is 5. The molecule has 3 unspecified atom stereocenters. The summed E-state index contributed by atoms with van der Waals surface area (Å²) in [5, 5.41) is 16.1. The summed E-state index contributed by atoms with van der Waals surface area (Å²) in [7, 11) is 0. The van der Waals surface area contributed by atoms with Crippen LogP contribution in [0.15, 0.2) is 47.5 Å². The third-order valence-corrected chi connectivity index (χ3v) is 7.32. The highest BCUT2D eigenvalue weighted by Gasteiger charge is 2.52. The number of aromatic amines is 1. The van der Waals surface area contributed by atoms with Crippen molar-refractivity contribution in [3.05, 3.63) is 76.6 Å². The van der Waals surface area contributed by atoms with Crippen LogP contribution < -0.4 is 5.32 Å². The predicted octanol–water partition coefficient (Wildman–Crippen LogP) is 3.95. The number of carbonyl (C=O) groups excluding carboxylic acids is 2. The molecule has 38 heavy (non-hydrogen) atoms. The van der Waals surface area contributed by atoms with E-state index >= 15 is 0 Å². The van der Waals surface area contributed by atoms with E-state index in [2.05, 4.69) is 39.8 Å². The minimum atomic E-state index is -0.813. The van der Waals surface area contributed by atoms with Gasteiger partial charge in [0.15, 0.2) is 5.82 Å². The van der Waals surface area contributed by atoms with E-state index < -0.39 is 23.3 Å². The molecule has 0 saturated heterocycles. The Balaban J connectivity index is 1.43. The maximum Gasteiger partial charge on any atom is 0.275 e. The van der Waals surface area contributed by atoms with Gasteiger partial charge in [0.1, 0.15) is 23.0 Å². The minimum Gasteiger partial charge on any atom is -0.345 e. The Hall–Kier alpha value is -4.02. The molecule has 2 aliphatic rings. The lowest BCUT2D eigenvalue weighted by Gasteiger charge is -2.46. The van der Waals surface area contributed by atoms with E-state index in [1.54, 1.807) is 17.0 Å². The van der Waals surface area contributed by atoms with Gasteiger partial charge in [0, 0.05) is 17.2 Å². The molecule has 11 heteroatoms. The van der Waals surface area contributed by atoms with Gasteiger partial charge in [-0.3, -0.25) is 14.6 Å². The van der Waals surface area contributed by atoms with E-state index in [-0.39, 0.29) is 29.6 Å². The number of aromatic nitrogens is 4. The van der Waals surface area contributed by atoms with E-state index in [0.717, 1.165) is 30.2 Å². The van der Waals surface area contributed by atoms with Crippen molar-refractivity contribution in [2.75, 3.05) is 0 Å². The molecule has 2 heterocycles. The summed E-state index contributed by atoms with van der Waals surface area (Å²) < 4.78 is 28.1. The molecule has 3 aromatic rings. The third kappa shape index (κ3) is 4.92. The normalized spacial score (nSPS) is 24.0. The zero-order valence-corrected chi connectivity index (χ0v) is 21.4. The molecule has 2 N–H and O–H groups in total. The molecule has 198 valence electrons. The summed E-state index contributed by atoms with van der Waals surface area (Å²) in [5.74, 6) is -1.16. The van der Waals surface area contributed by atoms with Gasteiger partial charge >= 0.3 is 0 Å². The SMILES string of the molecule is CC1CC(C)CC2(C1)N=C(c1cc(F)cc(F)c1)C(=O)N2C(C)c1ccc(C(=O)NCc2nn[nH]n2)cc1. The number of hydrogen-bond donors (Lipinski definition) is 2. The summed E-state index contributed by atoms with van der Waals surface area (Å²) in [6, 6.07) is 9.70. The van der Waals surface area contributed by atoms with Gasteiger partial charge in [-0.1, -0.05) is 31.2 Å². The van der Waals surface area contributed by atoms with Crippen molar-refractivity contribution < 1.29 is 18.4 Å². The smallest absolute Gasteiger partial charge is 0.275 e. The Kier molecular flexibility index (Phi) is 6.77. The van der Waals surface area contributed by atoms with E-state index in [9.17, 15) is 18.4 Å². The molecule has 2 amide bonds. The molecule has 0 bridgehead atoms. The summed E-state index contributed by atoms with van der Waals surface area (Å²) in [6.45, 7) is 6.33. The number of amides is 2. The van der Waals surface area contributed by atoms with Crippen LogP contribution in [0, 0.1) is 23.5 Å². The fourth-order valence-corrected chi connectivity index (χ4v) is 5.95. The van der Waals surface area contributed by atoms with Crippen molar-refractivity contribution in [1.82, 2.24) is 30.8 Å². The highest BCUT2D eigenvalue weighted by atomic mass is 19.1. The highest BCUT2D eigenvalue weighted by molar-refractivity contribution is 6.46. The lowest BCUT2D eigenvalue weighted by atomic mass is 9.75. The molecule has 1 aliphatic heterocycles. The number of aliphatic imine (C=N–C) groups is 1. The van der Waals surface area contributed by atoms with Crippen LogP contribution in [0.4, 0.5) is 8.78 Å². The molecular formula is C27H29F2N7O2. The van der Waals surface area contributed by atoms with Crippen LogP contribution in [-0.2, 0) is 11.3 Å². The Morgan fingerprint density at radius 2 is 1.79 bits per heavy atom. The van der Waals surface area contributed by atoms with Crippen LogP contribution in [0.3, 0.4) is 0 Å². The van der Waals surface area contributed by atoms with Crippen molar-refractivity contribution in [3.8, 4) is 0 Å². The Morgan fingerprint density at radius 3 is 2.39 bits per heavy atom. The number of halogens is 2. The molecule has 1 aliphatic carbocycles. The summed E-state index contributed by atoms with van der Waals surface area (Å²) in [5.41, 5.74) is 0.668. The number of hydrogen-bond acceptors (Lipinski definition) is 6. The standard InChI is InChI=1S/C27H29F2N7O2/c1-15-8-16(2)13-27(12-15)31-24(20-9-21(28)11-22(29)10-20)26(38)36(27)17(3)18-4-6-19(7-5-18)25(37)30-14-23-32-34-35-33-23/h4-7,9-11,15-17H,8,12-14H2,1-3H3,(H,30,37)(H,32,33,34,35). The van der Waals surface area contributed by atoms with Crippen molar-refractivity contribution in [3.63, 3.8) is 0 Å². The van der Waals surface area contributed by atoms with Crippen molar-refractivity contribution >= 4 is 17.5 Å². The molecule has 3 atom stereocenters. The number of tetrazole rings is 1.